The maximum Gasteiger partial charge on any atom is 0.315 e. The first-order chi connectivity index (χ1) is 10.5. The number of rotatable bonds is 6. The first kappa shape index (κ1) is 16.1. The first-order valence-corrected chi connectivity index (χ1v) is 7.64. The molecule has 0 saturated carbocycles. The highest BCUT2D eigenvalue weighted by Gasteiger charge is 2.39. The van der Waals surface area contributed by atoms with Crippen LogP contribution in [0.4, 0.5) is 0 Å². The summed E-state index contributed by atoms with van der Waals surface area (Å²) in [6.45, 7) is 3.51. The number of hydrogen-bond donors (Lipinski definition) is 2. The Morgan fingerprint density at radius 2 is 2.00 bits per heavy atom. The van der Waals surface area contributed by atoms with E-state index in [1.54, 1.807) is 38.1 Å². The first-order valence-electron chi connectivity index (χ1n) is 6.87. The van der Waals surface area contributed by atoms with Gasteiger partial charge in [-0.1, -0.05) is 41.7 Å². The van der Waals surface area contributed by atoms with Crippen molar-refractivity contribution in [1.82, 2.24) is 14.9 Å². The Morgan fingerprint density at radius 1 is 1.32 bits per heavy atom. The number of aliphatic carboxylic acids is 1. The van der Waals surface area contributed by atoms with Gasteiger partial charge in [0, 0.05) is 6.54 Å². The molecule has 0 spiro atoms. The van der Waals surface area contributed by atoms with Crippen molar-refractivity contribution in [2.24, 2.45) is 0 Å². The van der Waals surface area contributed by atoms with E-state index in [1.807, 2.05) is 6.07 Å². The molecule has 1 unspecified atom stereocenters. The van der Waals surface area contributed by atoms with Gasteiger partial charge in [0.1, 0.15) is 10.3 Å². The van der Waals surface area contributed by atoms with E-state index in [4.69, 9.17) is 0 Å². The zero-order chi connectivity index (χ0) is 16.2. The molecule has 1 atom stereocenters. The van der Waals surface area contributed by atoms with Crippen molar-refractivity contribution in [3.05, 3.63) is 46.5 Å². The topological polar surface area (TPSA) is 92.2 Å². The van der Waals surface area contributed by atoms with Crippen LogP contribution in [0, 0.1) is 6.92 Å². The zero-order valence-electron chi connectivity index (χ0n) is 12.4. The van der Waals surface area contributed by atoms with Gasteiger partial charge in [-0.3, -0.25) is 9.59 Å². The zero-order valence-corrected chi connectivity index (χ0v) is 13.2. The summed E-state index contributed by atoms with van der Waals surface area (Å²) < 4.78 is 3.72. The van der Waals surface area contributed by atoms with Crippen LogP contribution < -0.4 is 5.32 Å². The summed E-state index contributed by atoms with van der Waals surface area (Å²) in [6.07, 6.45) is 0.368. The number of aromatic nitrogens is 2. The Kier molecular flexibility index (Phi) is 4.87. The highest BCUT2D eigenvalue weighted by atomic mass is 32.1. The van der Waals surface area contributed by atoms with Gasteiger partial charge in [0.25, 0.3) is 5.91 Å². The highest BCUT2D eigenvalue weighted by Crippen LogP contribution is 2.28. The summed E-state index contributed by atoms with van der Waals surface area (Å²) in [6, 6.07) is 8.95. The molecule has 1 heterocycles. The third kappa shape index (κ3) is 2.99. The molecule has 0 saturated heterocycles. The van der Waals surface area contributed by atoms with Crippen molar-refractivity contribution in [1.29, 1.82) is 0 Å². The number of nitrogens with one attached hydrogen (secondary N) is 1. The molecule has 0 aliphatic rings. The predicted octanol–water partition coefficient (Wildman–Crippen LogP) is 2.01. The molecule has 2 N–H and O–H groups in total. The lowest BCUT2D eigenvalue weighted by molar-refractivity contribution is -0.143. The fourth-order valence-corrected chi connectivity index (χ4v) is 2.86. The number of benzene rings is 1. The van der Waals surface area contributed by atoms with E-state index in [0.717, 1.165) is 11.5 Å². The predicted molar refractivity (Wildman–Crippen MR) is 83.0 cm³/mol. The summed E-state index contributed by atoms with van der Waals surface area (Å²) in [5.74, 6) is -1.30. The largest absolute Gasteiger partial charge is 0.481 e. The van der Waals surface area contributed by atoms with Crippen LogP contribution in [0.3, 0.4) is 0 Å². The van der Waals surface area contributed by atoms with Gasteiger partial charge in [0.15, 0.2) is 0 Å². The molecule has 1 amide bonds. The third-order valence-electron chi connectivity index (χ3n) is 3.75. The molecule has 2 aromatic rings. The van der Waals surface area contributed by atoms with Crippen molar-refractivity contribution in [3.8, 4) is 0 Å². The third-order valence-corrected chi connectivity index (χ3v) is 4.57. The number of carboxylic acids is 1. The van der Waals surface area contributed by atoms with E-state index in [2.05, 4.69) is 14.9 Å². The number of carbonyl (C=O) groups excluding carboxylic acids is 1. The number of hydrogen-bond acceptors (Lipinski definition) is 5. The van der Waals surface area contributed by atoms with Crippen molar-refractivity contribution < 1.29 is 14.7 Å². The second-order valence-corrected chi connectivity index (χ2v) is 5.73. The van der Waals surface area contributed by atoms with Crippen molar-refractivity contribution in [3.63, 3.8) is 0 Å². The molecule has 0 radical (unpaired) electrons. The number of aryl methyl sites for hydroxylation is 1. The van der Waals surface area contributed by atoms with Gasteiger partial charge in [0.2, 0.25) is 0 Å². The molecule has 0 bridgehead atoms. The standard InChI is InChI=1S/C15H17N3O3S/c1-3-15(14(20)21,11-7-5-4-6-8-11)9-16-13(19)12-10(2)17-18-22-12/h4-8H,3,9H2,1-2H3,(H,16,19)(H,20,21). The fourth-order valence-electron chi connectivity index (χ4n) is 2.29. The van der Waals surface area contributed by atoms with E-state index in [-0.39, 0.29) is 12.5 Å². The van der Waals surface area contributed by atoms with Gasteiger partial charge in [-0.05, 0) is 30.4 Å². The van der Waals surface area contributed by atoms with E-state index in [1.165, 1.54) is 0 Å². The van der Waals surface area contributed by atoms with Gasteiger partial charge < -0.3 is 10.4 Å². The monoisotopic (exact) mass is 319 g/mol. The molecule has 22 heavy (non-hydrogen) atoms. The Labute approximate surface area is 132 Å². The van der Waals surface area contributed by atoms with Gasteiger partial charge in [-0.25, -0.2) is 0 Å². The van der Waals surface area contributed by atoms with E-state index < -0.39 is 11.4 Å². The van der Waals surface area contributed by atoms with Crippen LogP contribution in [0.15, 0.2) is 30.3 Å². The lowest BCUT2D eigenvalue weighted by atomic mass is 9.78. The summed E-state index contributed by atoms with van der Waals surface area (Å²) in [7, 11) is 0. The molecule has 1 aromatic heterocycles. The molecule has 116 valence electrons. The maximum atomic E-state index is 12.2. The van der Waals surface area contributed by atoms with Gasteiger partial charge in [0.05, 0.1) is 5.69 Å². The van der Waals surface area contributed by atoms with Crippen LogP contribution >= 0.6 is 11.5 Å². The summed E-state index contributed by atoms with van der Waals surface area (Å²) >= 11 is 0.999. The van der Waals surface area contributed by atoms with Crippen LogP contribution in [-0.2, 0) is 10.2 Å². The second kappa shape index (κ2) is 6.65. The summed E-state index contributed by atoms with van der Waals surface area (Å²) in [4.78, 5) is 24.4. The quantitative estimate of drug-likeness (QED) is 0.849. The molecular formula is C15H17N3O3S. The minimum absolute atomic E-state index is 0.0129. The van der Waals surface area contributed by atoms with Gasteiger partial charge in [-0.15, -0.1) is 5.10 Å². The lowest BCUT2D eigenvalue weighted by Crippen LogP contribution is -2.46. The average Bonchev–Trinajstić information content (AvgIpc) is 2.95. The average molecular weight is 319 g/mol. The summed E-state index contributed by atoms with van der Waals surface area (Å²) in [5.41, 5.74) is 0.0623. The molecule has 0 aliphatic heterocycles. The number of carboxylic acid groups (broad SMARTS) is 1. The molecule has 7 heteroatoms. The minimum atomic E-state index is -1.15. The van der Waals surface area contributed by atoms with E-state index in [0.29, 0.717) is 22.6 Å². The lowest BCUT2D eigenvalue weighted by Gasteiger charge is -2.29. The highest BCUT2D eigenvalue weighted by molar-refractivity contribution is 7.08. The molecular weight excluding hydrogens is 302 g/mol. The fraction of sp³-hybridized carbons (Fsp3) is 0.333. The van der Waals surface area contributed by atoms with Crippen molar-refractivity contribution in [2.45, 2.75) is 25.7 Å². The maximum absolute atomic E-state index is 12.2. The van der Waals surface area contributed by atoms with Crippen LogP contribution in [0.25, 0.3) is 0 Å². The normalized spacial score (nSPS) is 13.4. The Hall–Kier alpha value is -2.28. The van der Waals surface area contributed by atoms with E-state index in [9.17, 15) is 14.7 Å². The molecule has 6 nitrogen and oxygen atoms in total. The van der Waals surface area contributed by atoms with Crippen LogP contribution in [-0.4, -0.2) is 33.1 Å². The van der Waals surface area contributed by atoms with Gasteiger partial charge >= 0.3 is 5.97 Å². The molecule has 2 rings (SSSR count). The smallest absolute Gasteiger partial charge is 0.315 e. The van der Waals surface area contributed by atoms with Crippen LogP contribution in [0.5, 0.6) is 0 Å². The van der Waals surface area contributed by atoms with Crippen LogP contribution in [0.1, 0.15) is 34.3 Å². The molecule has 0 aliphatic carbocycles. The second-order valence-electron chi connectivity index (χ2n) is 4.98. The number of carbonyl (C=O) groups is 2. The molecule has 1 aromatic carbocycles. The Bertz CT molecular complexity index is 672. The summed E-state index contributed by atoms with van der Waals surface area (Å²) in [5, 5.41) is 16.2. The van der Waals surface area contributed by atoms with E-state index >= 15 is 0 Å². The minimum Gasteiger partial charge on any atom is -0.481 e. The molecule has 0 fully saturated rings. The van der Waals surface area contributed by atoms with Crippen LogP contribution in [0.2, 0.25) is 0 Å². The Balaban J connectivity index is 2.23. The van der Waals surface area contributed by atoms with Crippen molar-refractivity contribution >= 4 is 23.4 Å². The number of nitrogens with zero attached hydrogens (tertiary/aromatic N) is 2. The Morgan fingerprint density at radius 3 is 2.50 bits per heavy atom. The SMILES string of the molecule is CCC(CNC(=O)c1snnc1C)(C(=O)O)c1ccccc1. The van der Waals surface area contributed by atoms with Gasteiger partial charge in [-0.2, -0.15) is 0 Å². The number of amides is 1. The van der Waals surface area contributed by atoms with Crippen molar-refractivity contribution in [2.75, 3.05) is 6.54 Å².